The van der Waals surface area contributed by atoms with Crippen molar-refractivity contribution in [3.63, 3.8) is 0 Å². The first kappa shape index (κ1) is 14.3. The number of hydrogen-bond acceptors (Lipinski definition) is 5. The van der Waals surface area contributed by atoms with Gasteiger partial charge < -0.3 is 9.64 Å². The van der Waals surface area contributed by atoms with Crippen LogP contribution in [0.1, 0.15) is 24.8 Å². The molecule has 0 aromatic heterocycles. The van der Waals surface area contributed by atoms with Gasteiger partial charge in [0.05, 0.1) is 12.0 Å². The molecule has 1 aromatic rings. The van der Waals surface area contributed by atoms with E-state index in [1.807, 2.05) is 4.90 Å². The third-order valence-electron chi connectivity index (χ3n) is 3.68. The number of nitro groups is 1. The Hall–Kier alpha value is -2.11. The number of carbonyl (C=O) groups excluding carboxylic acids is 1. The summed E-state index contributed by atoms with van der Waals surface area (Å²) in [6.45, 7) is 2.47. The number of hydrogen-bond donors (Lipinski definition) is 0. The fourth-order valence-electron chi connectivity index (χ4n) is 2.64. The molecule has 1 unspecified atom stereocenters. The van der Waals surface area contributed by atoms with Crippen LogP contribution >= 0.6 is 0 Å². The molecule has 0 aliphatic carbocycles. The predicted molar refractivity (Wildman–Crippen MR) is 74.8 cm³/mol. The second-order valence-electron chi connectivity index (χ2n) is 4.96. The van der Waals surface area contributed by atoms with Crippen LogP contribution < -0.4 is 4.90 Å². The Labute approximate surface area is 117 Å². The fourth-order valence-corrected chi connectivity index (χ4v) is 2.64. The van der Waals surface area contributed by atoms with Gasteiger partial charge in [0.1, 0.15) is 6.04 Å². The number of benzene rings is 1. The normalized spacial score (nSPS) is 18.7. The highest BCUT2D eigenvalue weighted by Gasteiger charge is 2.30. The predicted octanol–water partition coefficient (Wildman–Crippen LogP) is 2.44. The molecule has 0 radical (unpaired) electrons. The van der Waals surface area contributed by atoms with Gasteiger partial charge in [0.15, 0.2) is 0 Å². The third kappa shape index (κ3) is 2.74. The van der Waals surface area contributed by atoms with Crippen LogP contribution in [-0.2, 0) is 9.53 Å². The fraction of sp³-hybridized carbons (Fsp3) is 0.500. The van der Waals surface area contributed by atoms with Crippen LogP contribution in [-0.4, -0.2) is 30.6 Å². The molecule has 6 nitrogen and oxygen atoms in total. The highest BCUT2D eigenvalue weighted by Crippen LogP contribution is 2.29. The molecule has 1 atom stereocenters. The molecular weight excluding hydrogens is 260 g/mol. The second kappa shape index (κ2) is 5.90. The number of anilines is 1. The van der Waals surface area contributed by atoms with Crippen LogP contribution in [0, 0.1) is 17.0 Å². The van der Waals surface area contributed by atoms with Crippen molar-refractivity contribution in [1.82, 2.24) is 0 Å². The van der Waals surface area contributed by atoms with Gasteiger partial charge >= 0.3 is 5.97 Å². The van der Waals surface area contributed by atoms with Crippen LogP contribution in [0.25, 0.3) is 0 Å². The van der Waals surface area contributed by atoms with Gasteiger partial charge in [0.2, 0.25) is 0 Å². The lowest BCUT2D eigenvalue weighted by Crippen LogP contribution is -2.45. The van der Waals surface area contributed by atoms with Gasteiger partial charge in [-0.05, 0) is 38.3 Å². The van der Waals surface area contributed by atoms with Crippen LogP contribution in [0.3, 0.4) is 0 Å². The Morgan fingerprint density at radius 3 is 2.80 bits per heavy atom. The summed E-state index contributed by atoms with van der Waals surface area (Å²) in [5.74, 6) is -0.249. The monoisotopic (exact) mass is 278 g/mol. The molecule has 6 heteroatoms. The Morgan fingerprint density at radius 2 is 2.20 bits per heavy atom. The SMILES string of the molecule is COC(=O)C1CCCCN1c1ccc([N+](=O)[O-])c(C)c1. The Kier molecular flexibility index (Phi) is 4.22. The molecule has 2 rings (SSSR count). The van der Waals surface area contributed by atoms with E-state index in [9.17, 15) is 14.9 Å². The molecule has 0 spiro atoms. The van der Waals surface area contributed by atoms with Crippen LogP contribution in [0.4, 0.5) is 11.4 Å². The first-order chi connectivity index (χ1) is 9.54. The zero-order chi connectivity index (χ0) is 14.7. The van der Waals surface area contributed by atoms with E-state index in [1.54, 1.807) is 19.1 Å². The average Bonchev–Trinajstić information content (AvgIpc) is 2.46. The molecule has 1 fully saturated rings. The highest BCUT2D eigenvalue weighted by molar-refractivity contribution is 5.80. The molecule has 1 aliphatic rings. The summed E-state index contributed by atoms with van der Waals surface area (Å²) in [6.07, 6.45) is 2.74. The first-order valence-corrected chi connectivity index (χ1v) is 6.64. The minimum absolute atomic E-state index is 0.0976. The molecule has 1 aromatic carbocycles. The molecule has 1 aliphatic heterocycles. The molecule has 0 saturated carbocycles. The van der Waals surface area contributed by atoms with E-state index >= 15 is 0 Å². The number of ether oxygens (including phenoxy) is 1. The third-order valence-corrected chi connectivity index (χ3v) is 3.68. The molecule has 0 N–H and O–H groups in total. The maximum atomic E-state index is 11.8. The van der Waals surface area contributed by atoms with Gasteiger partial charge in [-0.3, -0.25) is 10.1 Å². The van der Waals surface area contributed by atoms with Gasteiger partial charge in [0, 0.05) is 23.9 Å². The van der Waals surface area contributed by atoms with Crippen molar-refractivity contribution in [2.45, 2.75) is 32.2 Å². The maximum absolute atomic E-state index is 11.8. The van der Waals surface area contributed by atoms with Crippen LogP contribution in [0.5, 0.6) is 0 Å². The second-order valence-corrected chi connectivity index (χ2v) is 4.96. The molecule has 108 valence electrons. The average molecular weight is 278 g/mol. The lowest BCUT2D eigenvalue weighted by atomic mass is 10.0. The largest absolute Gasteiger partial charge is 0.467 e. The zero-order valence-electron chi connectivity index (χ0n) is 11.7. The van der Waals surface area contributed by atoms with Gasteiger partial charge in [-0.15, -0.1) is 0 Å². The number of aryl methyl sites for hydroxylation is 1. The van der Waals surface area contributed by atoms with E-state index < -0.39 is 4.92 Å². The van der Waals surface area contributed by atoms with Crippen molar-refractivity contribution in [2.24, 2.45) is 0 Å². The van der Waals surface area contributed by atoms with Crippen molar-refractivity contribution in [3.05, 3.63) is 33.9 Å². The number of carbonyl (C=O) groups is 1. The Balaban J connectivity index is 2.31. The van der Waals surface area contributed by atoms with E-state index in [0.29, 0.717) is 5.56 Å². The van der Waals surface area contributed by atoms with Gasteiger partial charge in [-0.1, -0.05) is 0 Å². The highest BCUT2D eigenvalue weighted by atomic mass is 16.6. The van der Waals surface area contributed by atoms with Crippen LogP contribution in [0.15, 0.2) is 18.2 Å². The topological polar surface area (TPSA) is 72.7 Å². The van der Waals surface area contributed by atoms with Crippen LogP contribution in [0.2, 0.25) is 0 Å². The van der Waals surface area contributed by atoms with Crippen molar-refractivity contribution in [2.75, 3.05) is 18.6 Å². The molecule has 0 amide bonds. The number of esters is 1. The lowest BCUT2D eigenvalue weighted by molar-refractivity contribution is -0.385. The maximum Gasteiger partial charge on any atom is 0.328 e. The van der Waals surface area contributed by atoms with E-state index in [4.69, 9.17) is 4.74 Å². The van der Waals surface area contributed by atoms with E-state index in [1.165, 1.54) is 13.2 Å². The molecule has 20 heavy (non-hydrogen) atoms. The Bertz CT molecular complexity index is 530. The summed E-state index contributed by atoms with van der Waals surface area (Å²) < 4.78 is 4.84. The summed E-state index contributed by atoms with van der Waals surface area (Å²) in [5, 5.41) is 10.8. The molecular formula is C14H18N2O4. The summed E-state index contributed by atoms with van der Waals surface area (Å²) in [6, 6.07) is 4.66. The number of methoxy groups -OCH3 is 1. The summed E-state index contributed by atoms with van der Waals surface area (Å²) in [4.78, 5) is 24.3. The molecule has 0 bridgehead atoms. The first-order valence-electron chi connectivity index (χ1n) is 6.64. The quantitative estimate of drug-likeness (QED) is 0.482. The van der Waals surface area contributed by atoms with E-state index in [0.717, 1.165) is 31.5 Å². The number of nitro benzene ring substituents is 1. The van der Waals surface area contributed by atoms with Crippen molar-refractivity contribution in [3.8, 4) is 0 Å². The van der Waals surface area contributed by atoms with Crippen molar-refractivity contribution < 1.29 is 14.5 Å². The minimum Gasteiger partial charge on any atom is -0.467 e. The summed E-state index contributed by atoms with van der Waals surface area (Å²) in [5.41, 5.74) is 1.53. The van der Waals surface area contributed by atoms with Gasteiger partial charge in [-0.25, -0.2) is 4.79 Å². The summed E-state index contributed by atoms with van der Waals surface area (Å²) >= 11 is 0. The number of piperidine rings is 1. The lowest BCUT2D eigenvalue weighted by Gasteiger charge is -2.35. The minimum atomic E-state index is -0.396. The van der Waals surface area contributed by atoms with Gasteiger partial charge in [0.25, 0.3) is 5.69 Å². The number of rotatable bonds is 3. The van der Waals surface area contributed by atoms with Crippen molar-refractivity contribution in [1.29, 1.82) is 0 Å². The summed E-state index contributed by atoms with van der Waals surface area (Å²) in [7, 11) is 1.39. The smallest absolute Gasteiger partial charge is 0.328 e. The van der Waals surface area contributed by atoms with Gasteiger partial charge in [-0.2, -0.15) is 0 Å². The number of nitrogens with zero attached hydrogens (tertiary/aromatic N) is 2. The molecule has 1 saturated heterocycles. The van der Waals surface area contributed by atoms with E-state index in [-0.39, 0.29) is 17.7 Å². The zero-order valence-corrected chi connectivity index (χ0v) is 11.7. The Morgan fingerprint density at radius 1 is 1.45 bits per heavy atom. The molecule has 1 heterocycles. The standard InChI is InChI=1S/C14H18N2O4/c1-10-9-11(6-7-12(10)16(18)19)15-8-4-3-5-13(15)14(17)20-2/h6-7,9,13H,3-5,8H2,1-2H3. The van der Waals surface area contributed by atoms with E-state index in [2.05, 4.69) is 0 Å². The van der Waals surface area contributed by atoms with Crippen molar-refractivity contribution >= 4 is 17.3 Å².